The minimum absolute atomic E-state index is 0.0981. The van der Waals surface area contributed by atoms with Gasteiger partial charge in [0, 0.05) is 25.2 Å². The van der Waals surface area contributed by atoms with Crippen molar-refractivity contribution in [3.63, 3.8) is 0 Å². The van der Waals surface area contributed by atoms with Crippen LogP contribution in [0.2, 0.25) is 0 Å². The number of ether oxygens (including phenoxy) is 1. The van der Waals surface area contributed by atoms with Gasteiger partial charge in [-0.1, -0.05) is 18.2 Å². The van der Waals surface area contributed by atoms with E-state index in [2.05, 4.69) is 10.6 Å². The van der Waals surface area contributed by atoms with Crippen molar-refractivity contribution in [2.24, 2.45) is 0 Å². The fourth-order valence-electron chi connectivity index (χ4n) is 2.73. The molecular weight excluding hydrogens is 310 g/mol. The number of fused-ring (bicyclic) bond motifs is 1. The lowest BCUT2D eigenvalue weighted by molar-refractivity contribution is -0.142. The van der Waals surface area contributed by atoms with Gasteiger partial charge in [-0.25, -0.2) is 4.79 Å². The molecule has 0 fully saturated rings. The molecule has 0 aromatic heterocycles. The van der Waals surface area contributed by atoms with Gasteiger partial charge in [-0.15, -0.1) is 0 Å². The van der Waals surface area contributed by atoms with Crippen LogP contribution < -0.4 is 15.5 Å². The molecule has 2 N–H and O–H groups in total. The van der Waals surface area contributed by atoms with Crippen LogP contribution in [0.5, 0.6) is 0 Å². The minimum Gasteiger partial charge on any atom is -0.466 e. The summed E-state index contributed by atoms with van der Waals surface area (Å²) in [7, 11) is 0. The number of benzene rings is 1. The first-order valence-corrected chi connectivity index (χ1v) is 8.16. The fourth-order valence-corrected chi connectivity index (χ4v) is 2.73. The van der Waals surface area contributed by atoms with E-state index >= 15 is 0 Å². The van der Waals surface area contributed by atoms with Gasteiger partial charge < -0.3 is 15.4 Å². The van der Waals surface area contributed by atoms with E-state index in [1.54, 1.807) is 6.92 Å². The summed E-state index contributed by atoms with van der Waals surface area (Å²) in [6, 6.07) is 6.48. The summed E-state index contributed by atoms with van der Waals surface area (Å²) in [4.78, 5) is 37.7. The summed E-state index contributed by atoms with van der Waals surface area (Å²) in [5.74, 6) is -0.547. The summed E-state index contributed by atoms with van der Waals surface area (Å²) in [6.45, 7) is 4.55. The van der Waals surface area contributed by atoms with Crippen LogP contribution in [0.15, 0.2) is 24.3 Å². The van der Waals surface area contributed by atoms with E-state index in [1.807, 2.05) is 31.2 Å². The van der Waals surface area contributed by atoms with Gasteiger partial charge in [0.15, 0.2) is 0 Å². The molecule has 2 rings (SSSR count). The molecule has 24 heavy (non-hydrogen) atoms. The van der Waals surface area contributed by atoms with Crippen molar-refractivity contribution in [3.8, 4) is 0 Å². The smallest absolute Gasteiger partial charge is 0.322 e. The number of hydrogen-bond donors (Lipinski definition) is 2. The molecule has 0 saturated heterocycles. The van der Waals surface area contributed by atoms with Crippen LogP contribution in [0.25, 0.3) is 0 Å². The summed E-state index contributed by atoms with van der Waals surface area (Å²) in [5.41, 5.74) is 1.68. The van der Waals surface area contributed by atoms with Crippen LogP contribution >= 0.6 is 0 Å². The Kier molecular flexibility index (Phi) is 6.17. The number of likely N-dealkylation sites (N-methyl/N-ethyl adjacent to an activating group) is 1. The third kappa shape index (κ3) is 4.04. The Hall–Kier alpha value is -2.57. The van der Waals surface area contributed by atoms with Crippen molar-refractivity contribution < 1.29 is 19.1 Å². The SMILES string of the molecule is CCNC(=O)C1Cc2ccccc2N1C(=O)NCCC(=O)OCC. The van der Waals surface area contributed by atoms with Crippen molar-refractivity contribution in [2.45, 2.75) is 32.7 Å². The van der Waals surface area contributed by atoms with Gasteiger partial charge in [0.05, 0.1) is 13.0 Å². The normalized spacial score (nSPS) is 15.6. The zero-order valence-corrected chi connectivity index (χ0v) is 14.0. The monoisotopic (exact) mass is 333 g/mol. The van der Waals surface area contributed by atoms with Crippen LogP contribution in [0.3, 0.4) is 0 Å². The standard InChI is InChI=1S/C17H23N3O4/c1-3-18-16(22)14-11-12-7-5-6-8-13(12)20(14)17(23)19-10-9-15(21)24-4-2/h5-8,14H,3-4,9-11H2,1-2H3,(H,18,22)(H,19,23). The number of hydrogen-bond acceptors (Lipinski definition) is 4. The lowest BCUT2D eigenvalue weighted by Gasteiger charge is -2.25. The number of nitrogens with one attached hydrogen (secondary N) is 2. The number of rotatable bonds is 6. The van der Waals surface area contributed by atoms with E-state index in [1.165, 1.54) is 4.90 Å². The molecule has 7 nitrogen and oxygen atoms in total. The van der Waals surface area contributed by atoms with Crippen LogP contribution in [-0.2, 0) is 20.7 Å². The van der Waals surface area contributed by atoms with Gasteiger partial charge in [-0.2, -0.15) is 0 Å². The van der Waals surface area contributed by atoms with Crippen molar-refractivity contribution >= 4 is 23.6 Å². The van der Waals surface area contributed by atoms with Gasteiger partial charge in [0.2, 0.25) is 5.91 Å². The Bertz CT molecular complexity index is 618. The van der Waals surface area contributed by atoms with E-state index < -0.39 is 6.04 Å². The molecule has 7 heteroatoms. The highest BCUT2D eigenvalue weighted by molar-refractivity contribution is 6.02. The molecule has 0 spiro atoms. The first-order valence-electron chi connectivity index (χ1n) is 8.16. The number of para-hydroxylation sites is 1. The molecule has 0 saturated carbocycles. The van der Waals surface area contributed by atoms with Crippen molar-refractivity contribution in [3.05, 3.63) is 29.8 Å². The van der Waals surface area contributed by atoms with E-state index in [9.17, 15) is 14.4 Å². The lowest BCUT2D eigenvalue weighted by Crippen LogP contribution is -2.51. The maximum Gasteiger partial charge on any atom is 0.322 e. The molecule has 1 aliphatic heterocycles. The average Bonchev–Trinajstić information content (AvgIpc) is 2.95. The third-order valence-corrected chi connectivity index (χ3v) is 3.76. The highest BCUT2D eigenvalue weighted by Gasteiger charge is 2.37. The predicted octanol–water partition coefficient (Wildman–Crippen LogP) is 1.22. The van der Waals surface area contributed by atoms with Crippen LogP contribution in [0.1, 0.15) is 25.8 Å². The van der Waals surface area contributed by atoms with E-state index in [0.29, 0.717) is 19.6 Å². The van der Waals surface area contributed by atoms with Crippen molar-refractivity contribution in [2.75, 3.05) is 24.6 Å². The molecule has 1 atom stereocenters. The number of nitrogens with zero attached hydrogens (tertiary/aromatic N) is 1. The number of carbonyl (C=O) groups is 3. The molecule has 1 unspecified atom stereocenters. The van der Waals surface area contributed by atoms with Gasteiger partial charge in [-0.05, 0) is 25.5 Å². The average molecular weight is 333 g/mol. The molecule has 0 aliphatic carbocycles. The molecule has 1 aliphatic rings. The quantitative estimate of drug-likeness (QED) is 0.766. The minimum atomic E-state index is -0.579. The molecule has 3 amide bonds. The second kappa shape index (κ2) is 8.33. The Labute approximate surface area is 141 Å². The number of carbonyl (C=O) groups excluding carboxylic acids is 3. The van der Waals surface area contributed by atoms with Gasteiger partial charge in [-0.3, -0.25) is 14.5 Å². The summed E-state index contributed by atoms with van der Waals surface area (Å²) in [5, 5.41) is 5.45. The second-order valence-electron chi connectivity index (χ2n) is 5.40. The first kappa shape index (κ1) is 17.8. The number of amides is 3. The molecule has 1 aromatic rings. The largest absolute Gasteiger partial charge is 0.466 e. The van der Waals surface area contributed by atoms with E-state index in [-0.39, 0.29) is 30.9 Å². The topological polar surface area (TPSA) is 87.7 Å². The highest BCUT2D eigenvalue weighted by Crippen LogP contribution is 2.32. The van der Waals surface area contributed by atoms with Crippen LogP contribution in [0, 0.1) is 0 Å². The van der Waals surface area contributed by atoms with E-state index in [4.69, 9.17) is 4.74 Å². The molecule has 0 bridgehead atoms. The predicted molar refractivity (Wildman–Crippen MR) is 89.7 cm³/mol. The zero-order chi connectivity index (χ0) is 17.5. The maximum atomic E-state index is 12.5. The summed E-state index contributed by atoms with van der Waals surface area (Å²) < 4.78 is 4.83. The zero-order valence-electron chi connectivity index (χ0n) is 14.0. The Morgan fingerprint density at radius 3 is 2.67 bits per heavy atom. The number of anilines is 1. The summed E-state index contributed by atoms with van der Waals surface area (Å²) >= 11 is 0. The van der Waals surface area contributed by atoms with Gasteiger partial charge >= 0.3 is 12.0 Å². The Balaban J connectivity index is 2.06. The van der Waals surface area contributed by atoms with Crippen LogP contribution in [-0.4, -0.2) is 43.6 Å². The lowest BCUT2D eigenvalue weighted by atomic mass is 10.1. The molecule has 1 heterocycles. The Morgan fingerprint density at radius 1 is 1.21 bits per heavy atom. The molecule has 130 valence electrons. The van der Waals surface area contributed by atoms with E-state index in [0.717, 1.165) is 11.3 Å². The molecular formula is C17H23N3O4. The second-order valence-corrected chi connectivity index (χ2v) is 5.40. The van der Waals surface area contributed by atoms with Gasteiger partial charge in [0.25, 0.3) is 0 Å². The fraction of sp³-hybridized carbons (Fsp3) is 0.471. The van der Waals surface area contributed by atoms with Crippen molar-refractivity contribution in [1.82, 2.24) is 10.6 Å². The molecule has 0 radical (unpaired) electrons. The van der Waals surface area contributed by atoms with Gasteiger partial charge in [0.1, 0.15) is 6.04 Å². The molecule has 1 aromatic carbocycles. The Morgan fingerprint density at radius 2 is 1.96 bits per heavy atom. The maximum absolute atomic E-state index is 12.5. The van der Waals surface area contributed by atoms with Crippen LogP contribution in [0.4, 0.5) is 10.5 Å². The third-order valence-electron chi connectivity index (χ3n) is 3.76. The summed E-state index contributed by atoms with van der Waals surface area (Å²) in [6.07, 6.45) is 0.578. The number of esters is 1. The first-order chi connectivity index (χ1) is 11.6. The van der Waals surface area contributed by atoms with Crippen molar-refractivity contribution in [1.29, 1.82) is 0 Å². The highest BCUT2D eigenvalue weighted by atomic mass is 16.5. The number of urea groups is 1.